The molecule has 2 aromatic heterocycles. The Bertz CT molecular complexity index is 3110. The largest absolute Gasteiger partial charge is 0.455 e. The number of hydrogen-bond donors (Lipinski definition) is 0. The zero-order valence-electron chi connectivity index (χ0n) is 31.0. The van der Waals surface area contributed by atoms with Crippen LogP contribution in [-0.4, -0.2) is 0 Å². The Morgan fingerprint density at radius 2 is 0.702 bits per heavy atom. The first-order valence-electron chi connectivity index (χ1n) is 19.3. The van der Waals surface area contributed by atoms with Crippen molar-refractivity contribution in [1.82, 2.24) is 0 Å². The smallest absolute Gasteiger partial charge is 0.143 e. The van der Waals surface area contributed by atoms with Gasteiger partial charge in [-0.3, -0.25) is 0 Å². The molecule has 3 heteroatoms. The number of benzene rings is 9. The van der Waals surface area contributed by atoms with Gasteiger partial charge in [-0.25, -0.2) is 0 Å². The fourth-order valence-corrected chi connectivity index (χ4v) is 8.34. The van der Waals surface area contributed by atoms with Gasteiger partial charge < -0.3 is 13.7 Å². The number of para-hydroxylation sites is 3. The van der Waals surface area contributed by atoms with Crippen LogP contribution in [0.15, 0.2) is 221 Å². The van der Waals surface area contributed by atoms with Crippen molar-refractivity contribution in [2.75, 3.05) is 4.90 Å². The number of fused-ring (bicyclic) bond motifs is 6. The standard InChI is InChI=1S/C54H35NO2/c1-3-12-36(13-4-1)38-22-28-41(29-23-38)55(42-30-24-39(25-31-42)37-14-5-2-6-15-37)43-32-26-40(27-33-43)44-34-35-46(52-49-17-8-10-21-51(49)57-54(44)52)48-19-11-18-47-45-16-7-9-20-50(45)56-53(47)48/h1-35H. The summed E-state index contributed by atoms with van der Waals surface area (Å²) in [5.74, 6) is 0. The molecule has 3 nitrogen and oxygen atoms in total. The van der Waals surface area contributed by atoms with E-state index >= 15 is 0 Å². The molecule has 0 atom stereocenters. The molecule has 0 spiro atoms. The van der Waals surface area contributed by atoms with Crippen molar-refractivity contribution < 1.29 is 8.83 Å². The van der Waals surface area contributed by atoms with E-state index in [-0.39, 0.29) is 0 Å². The Morgan fingerprint density at radius 1 is 0.263 bits per heavy atom. The zero-order chi connectivity index (χ0) is 37.7. The highest BCUT2D eigenvalue weighted by Crippen LogP contribution is 2.45. The average Bonchev–Trinajstić information content (AvgIpc) is 3.87. The van der Waals surface area contributed by atoms with E-state index in [4.69, 9.17) is 8.83 Å². The summed E-state index contributed by atoms with van der Waals surface area (Å²) in [6, 6.07) is 74.9. The molecule has 57 heavy (non-hydrogen) atoms. The van der Waals surface area contributed by atoms with Gasteiger partial charge in [0, 0.05) is 49.7 Å². The van der Waals surface area contributed by atoms with Crippen molar-refractivity contribution in [2.24, 2.45) is 0 Å². The lowest BCUT2D eigenvalue weighted by atomic mass is 9.93. The number of rotatable bonds is 7. The molecule has 0 unspecified atom stereocenters. The molecular weight excluding hydrogens is 695 g/mol. The molecule has 0 N–H and O–H groups in total. The van der Waals surface area contributed by atoms with Crippen LogP contribution in [0.25, 0.3) is 88.4 Å². The molecule has 2 heterocycles. The average molecular weight is 730 g/mol. The summed E-state index contributed by atoms with van der Waals surface area (Å²) in [5, 5.41) is 4.39. The van der Waals surface area contributed by atoms with Crippen LogP contribution in [0, 0.1) is 0 Å². The molecule has 0 aliphatic heterocycles. The first-order valence-corrected chi connectivity index (χ1v) is 19.3. The van der Waals surface area contributed by atoms with Crippen LogP contribution in [0.1, 0.15) is 0 Å². The summed E-state index contributed by atoms with van der Waals surface area (Å²) in [6.07, 6.45) is 0. The molecule has 0 aliphatic carbocycles. The zero-order valence-corrected chi connectivity index (χ0v) is 31.0. The number of anilines is 3. The van der Waals surface area contributed by atoms with E-state index in [1.807, 2.05) is 18.2 Å². The second kappa shape index (κ2) is 13.6. The minimum atomic E-state index is 0.860. The molecule has 0 saturated heterocycles. The fourth-order valence-electron chi connectivity index (χ4n) is 8.34. The predicted octanol–water partition coefficient (Wildman–Crippen LogP) is 15.6. The molecule has 268 valence electrons. The first-order chi connectivity index (χ1) is 28.3. The molecule has 0 amide bonds. The van der Waals surface area contributed by atoms with Gasteiger partial charge in [0.05, 0.1) is 0 Å². The summed E-state index contributed by atoms with van der Waals surface area (Å²) in [7, 11) is 0. The Hall–Kier alpha value is -7.62. The highest BCUT2D eigenvalue weighted by molar-refractivity contribution is 6.19. The van der Waals surface area contributed by atoms with E-state index in [1.54, 1.807) is 0 Å². The van der Waals surface area contributed by atoms with Gasteiger partial charge in [-0.2, -0.15) is 0 Å². The van der Waals surface area contributed by atoms with Gasteiger partial charge in [0.2, 0.25) is 0 Å². The van der Waals surface area contributed by atoms with Gasteiger partial charge in [0.15, 0.2) is 0 Å². The Balaban J connectivity index is 1.02. The normalized spacial score (nSPS) is 11.5. The third kappa shape index (κ3) is 5.68. The Kier molecular flexibility index (Phi) is 7.82. The molecule has 0 saturated carbocycles. The third-order valence-corrected chi connectivity index (χ3v) is 11.1. The van der Waals surface area contributed by atoms with Crippen LogP contribution in [0.4, 0.5) is 17.1 Å². The van der Waals surface area contributed by atoms with Crippen molar-refractivity contribution in [3.8, 4) is 44.5 Å². The van der Waals surface area contributed by atoms with Gasteiger partial charge in [0.1, 0.15) is 22.3 Å². The van der Waals surface area contributed by atoms with Gasteiger partial charge in [-0.1, -0.05) is 158 Å². The maximum absolute atomic E-state index is 6.74. The van der Waals surface area contributed by atoms with E-state index in [0.29, 0.717) is 0 Å². The van der Waals surface area contributed by atoms with Crippen LogP contribution < -0.4 is 4.90 Å². The molecule has 0 aliphatic rings. The fraction of sp³-hybridized carbons (Fsp3) is 0. The number of nitrogens with zero attached hydrogens (tertiary/aromatic N) is 1. The minimum Gasteiger partial charge on any atom is -0.455 e. The predicted molar refractivity (Wildman–Crippen MR) is 237 cm³/mol. The van der Waals surface area contributed by atoms with Crippen LogP contribution in [0.2, 0.25) is 0 Å². The van der Waals surface area contributed by atoms with Gasteiger partial charge >= 0.3 is 0 Å². The minimum absolute atomic E-state index is 0.860. The van der Waals surface area contributed by atoms with Crippen molar-refractivity contribution in [3.63, 3.8) is 0 Å². The molecule has 0 bridgehead atoms. The molecule has 11 rings (SSSR count). The van der Waals surface area contributed by atoms with Crippen molar-refractivity contribution in [2.45, 2.75) is 0 Å². The highest BCUT2D eigenvalue weighted by Gasteiger charge is 2.21. The van der Waals surface area contributed by atoms with Crippen LogP contribution in [-0.2, 0) is 0 Å². The second-order valence-electron chi connectivity index (χ2n) is 14.5. The second-order valence-corrected chi connectivity index (χ2v) is 14.5. The van der Waals surface area contributed by atoms with Crippen LogP contribution in [0.5, 0.6) is 0 Å². The number of furan rings is 2. The lowest BCUT2D eigenvalue weighted by Crippen LogP contribution is -2.09. The summed E-state index contributed by atoms with van der Waals surface area (Å²) in [4.78, 5) is 2.32. The maximum Gasteiger partial charge on any atom is 0.143 e. The van der Waals surface area contributed by atoms with E-state index in [1.165, 1.54) is 22.3 Å². The van der Waals surface area contributed by atoms with E-state index < -0.39 is 0 Å². The van der Waals surface area contributed by atoms with E-state index in [0.717, 1.165) is 83.2 Å². The molecule has 0 fully saturated rings. The van der Waals surface area contributed by atoms with Gasteiger partial charge in [0.25, 0.3) is 0 Å². The number of hydrogen-bond acceptors (Lipinski definition) is 3. The van der Waals surface area contributed by atoms with Gasteiger partial charge in [-0.15, -0.1) is 0 Å². The van der Waals surface area contributed by atoms with Gasteiger partial charge in [-0.05, 0) is 88.0 Å². The highest BCUT2D eigenvalue weighted by atomic mass is 16.3. The van der Waals surface area contributed by atoms with E-state index in [9.17, 15) is 0 Å². The molecular formula is C54H35NO2. The Morgan fingerprint density at radius 3 is 1.30 bits per heavy atom. The molecule has 11 aromatic rings. The van der Waals surface area contributed by atoms with Crippen LogP contribution >= 0.6 is 0 Å². The quantitative estimate of drug-likeness (QED) is 0.164. The SMILES string of the molecule is c1ccc(-c2ccc(N(c3ccc(-c4ccccc4)cc3)c3ccc(-c4ccc(-c5cccc6c5oc5ccccc56)c5c4oc4ccccc45)cc3)cc2)cc1. The van der Waals surface area contributed by atoms with Crippen molar-refractivity contribution in [3.05, 3.63) is 212 Å². The van der Waals surface area contributed by atoms with Crippen LogP contribution in [0.3, 0.4) is 0 Å². The molecule has 9 aromatic carbocycles. The van der Waals surface area contributed by atoms with E-state index in [2.05, 4.69) is 199 Å². The topological polar surface area (TPSA) is 29.5 Å². The maximum atomic E-state index is 6.74. The molecule has 0 radical (unpaired) electrons. The first kappa shape index (κ1) is 32.8. The lowest BCUT2D eigenvalue weighted by Gasteiger charge is -2.26. The van der Waals surface area contributed by atoms with Crippen molar-refractivity contribution in [1.29, 1.82) is 0 Å². The lowest BCUT2D eigenvalue weighted by molar-refractivity contribution is 0.669. The summed E-state index contributed by atoms with van der Waals surface area (Å²) in [5.41, 5.74) is 15.7. The summed E-state index contributed by atoms with van der Waals surface area (Å²) < 4.78 is 13.3. The Labute approximate surface area is 330 Å². The monoisotopic (exact) mass is 729 g/mol. The third-order valence-electron chi connectivity index (χ3n) is 11.1. The van der Waals surface area contributed by atoms with Crippen molar-refractivity contribution >= 4 is 60.9 Å². The summed E-state index contributed by atoms with van der Waals surface area (Å²) in [6.45, 7) is 0. The summed E-state index contributed by atoms with van der Waals surface area (Å²) >= 11 is 0.